The third kappa shape index (κ3) is 2.38. The van der Waals surface area contributed by atoms with Crippen LogP contribution in [0, 0.1) is 19.7 Å². The summed E-state index contributed by atoms with van der Waals surface area (Å²) in [6, 6.07) is 10.4. The predicted octanol–water partition coefficient (Wildman–Crippen LogP) is 5.04. The van der Waals surface area contributed by atoms with Crippen molar-refractivity contribution in [1.29, 1.82) is 0 Å². The van der Waals surface area contributed by atoms with Crippen LogP contribution in [-0.2, 0) is 0 Å². The number of fused-ring (bicyclic) bond motifs is 1. The predicted molar refractivity (Wildman–Crippen MR) is 80.0 cm³/mol. The minimum Gasteiger partial charge on any atom is -0.493 e. The highest BCUT2D eigenvalue weighted by molar-refractivity contribution is 5.94. The molecule has 106 valence electrons. The molecule has 1 heterocycles. The second-order valence-electron chi connectivity index (χ2n) is 4.97. The van der Waals surface area contributed by atoms with E-state index in [4.69, 9.17) is 0 Å². The number of nitrogens with zero attached hydrogens (tertiary/aromatic N) is 2. The Morgan fingerprint density at radius 3 is 2.67 bits per heavy atom. The van der Waals surface area contributed by atoms with Crippen molar-refractivity contribution in [3.63, 3.8) is 0 Å². The first-order valence-corrected chi connectivity index (χ1v) is 6.54. The Kier molecular flexibility index (Phi) is 3.17. The topological polar surface area (TPSA) is 60.7 Å². The second-order valence-corrected chi connectivity index (χ2v) is 4.97. The summed E-state index contributed by atoms with van der Waals surface area (Å²) in [6.07, 6.45) is 0. The van der Waals surface area contributed by atoms with Crippen LogP contribution in [0.3, 0.4) is 0 Å². The van der Waals surface area contributed by atoms with Gasteiger partial charge in [-0.1, -0.05) is 29.8 Å². The van der Waals surface area contributed by atoms with E-state index in [0.717, 1.165) is 11.1 Å². The number of aryl methyl sites for hydroxylation is 2. The van der Waals surface area contributed by atoms with Crippen LogP contribution in [-0.4, -0.2) is 10.1 Å². The molecule has 2 N–H and O–H groups in total. The van der Waals surface area contributed by atoms with Crippen molar-refractivity contribution in [3.05, 3.63) is 53.3 Å². The number of azo groups is 1. The monoisotopic (exact) mass is 283 g/mol. The van der Waals surface area contributed by atoms with Crippen LogP contribution < -0.4 is 0 Å². The highest BCUT2D eigenvalue weighted by atomic mass is 19.1. The number of aromatic hydroxyl groups is 1. The van der Waals surface area contributed by atoms with E-state index in [1.54, 1.807) is 12.1 Å². The molecule has 0 bridgehead atoms. The lowest BCUT2D eigenvalue weighted by molar-refractivity contribution is 0.459. The Balaban J connectivity index is 2.07. The summed E-state index contributed by atoms with van der Waals surface area (Å²) in [5, 5.41) is 18.6. The molecular weight excluding hydrogens is 269 g/mol. The average molecular weight is 283 g/mol. The number of aromatic amines is 1. The minimum absolute atomic E-state index is 0.191. The van der Waals surface area contributed by atoms with E-state index in [2.05, 4.69) is 15.2 Å². The maximum absolute atomic E-state index is 13.6. The highest BCUT2D eigenvalue weighted by Crippen LogP contribution is 2.37. The minimum atomic E-state index is -0.434. The lowest BCUT2D eigenvalue weighted by atomic mass is 10.1. The SMILES string of the molecule is Cc1ccc(N=Nc2c(O)[nH]c3c(F)cccc23)c(C)c1. The van der Waals surface area contributed by atoms with Gasteiger partial charge in [0, 0.05) is 5.39 Å². The van der Waals surface area contributed by atoms with Gasteiger partial charge in [-0.05, 0) is 31.5 Å². The molecule has 4 nitrogen and oxygen atoms in total. The van der Waals surface area contributed by atoms with E-state index in [0.29, 0.717) is 11.1 Å². The number of para-hydroxylation sites is 1. The molecule has 0 unspecified atom stereocenters. The molecule has 0 spiro atoms. The van der Waals surface area contributed by atoms with Crippen molar-refractivity contribution in [2.75, 3.05) is 0 Å². The van der Waals surface area contributed by atoms with Crippen LogP contribution >= 0.6 is 0 Å². The zero-order valence-corrected chi connectivity index (χ0v) is 11.7. The van der Waals surface area contributed by atoms with Crippen molar-refractivity contribution in [3.8, 4) is 5.88 Å². The van der Waals surface area contributed by atoms with Gasteiger partial charge in [0.25, 0.3) is 0 Å². The Labute approximate surface area is 121 Å². The zero-order valence-electron chi connectivity index (χ0n) is 11.7. The number of halogens is 1. The van der Waals surface area contributed by atoms with Gasteiger partial charge in [-0.15, -0.1) is 5.11 Å². The summed E-state index contributed by atoms with van der Waals surface area (Å²) in [6.45, 7) is 3.94. The van der Waals surface area contributed by atoms with Crippen molar-refractivity contribution in [1.82, 2.24) is 4.98 Å². The maximum Gasteiger partial charge on any atom is 0.218 e. The van der Waals surface area contributed by atoms with E-state index in [1.165, 1.54) is 6.07 Å². The molecule has 0 fully saturated rings. The molecule has 2 aromatic carbocycles. The Bertz CT molecular complexity index is 852. The van der Waals surface area contributed by atoms with Gasteiger partial charge >= 0.3 is 0 Å². The molecular formula is C16H14FN3O. The van der Waals surface area contributed by atoms with Crippen LogP contribution in [0.5, 0.6) is 5.88 Å². The van der Waals surface area contributed by atoms with Crippen molar-refractivity contribution >= 4 is 22.3 Å². The van der Waals surface area contributed by atoms with Gasteiger partial charge in [0.1, 0.15) is 5.82 Å². The number of nitrogens with one attached hydrogen (secondary N) is 1. The molecule has 0 aliphatic carbocycles. The Hall–Kier alpha value is -2.69. The van der Waals surface area contributed by atoms with Gasteiger partial charge in [0.15, 0.2) is 5.69 Å². The van der Waals surface area contributed by atoms with Gasteiger partial charge in [-0.25, -0.2) is 4.39 Å². The van der Waals surface area contributed by atoms with Crippen LogP contribution in [0.2, 0.25) is 0 Å². The molecule has 3 rings (SSSR count). The molecule has 3 aromatic rings. The summed E-state index contributed by atoms with van der Waals surface area (Å²) in [5.41, 5.74) is 3.31. The highest BCUT2D eigenvalue weighted by Gasteiger charge is 2.13. The van der Waals surface area contributed by atoms with Gasteiger partial charge < -0.3 is 10.1 Å². The van der Waals surface area contributed by atoms with Crippen LogP contribution in [0.1, 0.15) is 11.1 Å². The number of hydrogen-bond donors (Lipinski definition) is 2. The van der Waals surface area contributed by atoms with Crippen LogP contribution in [0.15, 0.2) is 46.6 Å². The quantitative estimate of drug-likeness (QED) is 0.635. The number of H-pyrrole nitrogens is 1. The molecule has 0 saturated carbocycles. The first-order valence-electron chi connectivity index (χ1n) is 6.54. The normalized spacial score (nSPS) is 11.6. The van der Waals surface area contributed by atoms with Gasteiger partial charge in [0.05, 0.1) is 11.2 Å². The maximum atomic E-state index is 13.6. The molecule has 0 aliphatic rings. The van der Waals surface area contributed by atoms with Gasteiger partial charge in [-0.2, -0.15) is 5.11 Å². The smallest absolute Gasteiger partial charge is 0.218 e. The largest absolute Gasteiger partial charge is 0.493 e. The summed E-state index contributed by atoms with van der Waals surface area (Å²) < 4.78 is 13.6. The first-order chi connectivity index (χ1) is 10.1. The molecule has 0 atom stereocenters. The van der Waals surface area contributed by atoms with E-state index >= 15 is 0 Å². The number of benzene rings is 2. The summed E-state index contributed by atoms with van der Waals surface area (Å²) in [4.78, 5) is 2.58. The zero-order chi connectivity index (χ0) is 15.0. The van der Waals surface area contributed by atoms with E-state index < -0.39 is 5.82 Å². The van der Waals surface area contributed by atoms with Gasteiger partial charge in [0.2, 0.25) is 5.88 Å². The lowest BCUT2D eigenvalue weighted by Crippen LogP contribution is -1.76. The van der Waals surface area contributed by atoms with Crippen molar-refractivity contribution < 1.29 is 9.50 Å². The second kappa shape index (κ2) is 5.01. The average Bonchev–Trinajstić information content (AvgIpc) is 2.76. The summed E-state index contributed by atoms with van der Waals surface area (Å²) >= 11 is 0. The number of aromatic nitrogens is 1. The van der Waals surface area contributed by atoms with Gasteiger partial charge in [-0.3, -0.25) is 0 Å². The molecule has 5 heteroatoms. The molecule has 0 saturated heterocycles. The Morgan fingerprint density at radius 2 is 1.90 bits per heavy atom. The van der Waals surface area contributed by atoms with E-state index in [1.807, 2.05) is 32.0 Å². The van der Waals surface area contributed by atoms with Crippen LogP contribution in [0.25, 0.3) is 10.9 Å². The molecule has 21 heavy (non-hydrogen) atoms. The third-order valence-corrected chi connectivity index (χ3v) is 3.35. The molecule has 0 aliphatic heterocycles. The summed E-state index contributed by atoms with van der Waals surface area (Å²) in [7, 11) is 0. The van der Waals surface area contributed by atoms with Crippen molar-refractivity contribution in [2.45, 2.75) is 13.8 Å². The third-order valence-electron chi connectivity index (χ3n) is 3.35. The fraction of sp³-hybridized carbons (Fsp3) is 0.125. The molecule has 0 radical (unpaired) electrons. The van der Waals surface area contributed by atoms with E-state index in [9.17, 15) is 9.50 Å². The van der Waals surface area contributed by atoms with E-state index in [-0.39, 0.29) is 17.1 Å². The number of rotatable bonds is 2. The van der Waals surface area contributed by atoms with Crippen LogP contribution in [0.4, 0.5) is 15.8 Å². The Morgan fingerprint density at radius 1 is 1.10 bits per heavy atom. The summed E-state index contributed by atoms with van der Waals surface area (Å²) in [5.74, 6) is -0.626. The lowest BCUT2D eigenvalue weighted by Gasteiger charge is -2.00. The standard InChI is InChI=1S/C16H14FN3O/c1-9-6-7-13(10(2)8-9)19-20-15-11-4-3-5-12(17)14(11)18-16(15)21/h3-8,18,21H,1-2H3. The first kappa shape index (κ1) is 13.3. The fourth-order valence-electron chi connectivity index (χ4n) is 2.28. The van der Waals surface area contributed by atoms with Crippen molar-refractivity contribution in [2.24, 2.45) is 10.2 Å². The molecule has 1 aromatic heterocycles. The molecule has 0 amide bonds. The fourth-order valence-corrected chi connectivity index (χ4v) is 2.28. The number of hydrogen-bond acceptors (Lipinski definition) is 3.